The minimum Gasteiger partial charge on any atom is -0.390 e. The van der Waals surface area contributed by atoms with Gasteiger partial charge in [-0.3, -0.25) is 0 Å². The number of hydrogen-bond acceptors (Lipinski definition) is 6. The van der Waals surface area contributed by atoms with E-state index in [0.29, 0.717) is 0 Å². The van der Waals surface area contributed by atoms with Crippen molar-refractivity contribution in [3.63, 3.8) is 0 Å². The molecule has 7 heteroatoms. The Balaban J connectivity index is 1.91. The van der Waals surface area contributed by atoms with E-state index in [1.807, 2.05) is 13.0 Å². The lowest BCUT2D eigenvalue weighted by atomic mass is 9.77. The number of anilines is 2. The van der Waals surface area contributed by atoms with Gasteiger partial charge in [0.05, 0.1) is 18.7 Å². The summed E-state index contributed by atoms with van der Waals surface area (Å²) in [5.74, 6) is 1.07. The van der Waals surface area contributed by atoms with Gasteiger partial charge in [-0.05, 0) is 48.4 Å². The van der Waals surface area contributed by atoms with Crippen LogP contribution in [0.4, 0.5) is 11.8 Å². The van der Waals surface area contributed by atoms with Crippen LogP contribution < -0.4 is 11.1 Å². The van der Waals surface area contributed by atoms with Gasteiger partial charge in [0.2, 0.25) is 5.95 Å². The minimum atomic E-state index is -0.542. The Labute approximate surface area is 122 Å². The predicted molar refractivity (Wildman–Crippen MR) is 81.8 cm³/mol. The van der Waals surface area contributed by atoms with Gasteiger partial charge < -0.3 is 16.2 Å². The van der Waals surface area contributed by atoms with Gasteiger partial charge in [-0.2, -0.15) is 4.98 Å². The smallest absolute Gasteiger partial charge is 0.222 e. The third-order valence-electron chi connectivity index (χ3n) is 3.07. The molecule has 1 saturated carbocycles. The highest BCUT2D eigenvalue weighted by atomic mass is 127. The highest BCUT2D eigenvalue weighted by molar-refractivity contribution is 14.1. The fourth-order valence-electron chi connectivity index (χ4n) is 2.31. The van der Waals surface area contributed by atoms with Gasteiger partial charge in [0, 0.05) is 6.04 Å². The Kier molecular flexibility index (Phi) is 2.87. The Bertz CT molecular complexity index is 604. The molecule has 0 unspecified atom stereocenters. The zero-order chi connectivity index (χ0) is 12.9. The molecule has 0 radical (unpaired) electrons. The number of fused-ring (bicyclic) bond motifs is 1. The van der Waals surface area contributed by atoms with Crippen LogP contribution in [-0.4, -0.2) is 26.7 Å². The summed E-state index contributed by atoms with van der Waals surface area (Å²) < 4.78 is 2.19. The summed E-state index contributed by atoms with van der Waals surface area (Å²) in [7, 11) is 0. The molecule has 2 aromatic heterocycles. The van der Waals surface area contributed by atoms with Crippen molar-refractivity contribution < 1.29 is 5.11 Å². The van der Waals surface area contributed by atoms with Crippen molar-refractivity contribution in [3.05, 3.63) is 8.95 Å². The van der Waals surface area contributed by atoms with Crippen molar-refractivity contribution >= 4 is 55.9 Å². The number of hydrogen-bond donors (Lipinski definition) is 3. The van der Waals surface area contributed by atoms with E-state index in [4.69, 9.17) is 5.73 Å². The van der Waals surface area contributed by atoms with E-state index in [1.165, 1.54) is 0 Å². The van der Waals surface area contributed by atoms with Crippen molar-refractivity contribution in [1.82, 2.24) is 9.97 Å². The number of nitrogen functional groups attached to an aromatic ring is 1. The van der Waals surface area contributed by atoms with E-state index in [0.717, 1.165) is 31.8 Å². The van der Waals surface area contributed by atoms with Gasteiger partial charge in [0.1, 0.15) is 5.82 Å². The molecule has 1 fully saturated rings. The number of nitrogens with one attached hydrogen (secondary N) is 1. The molecule has 2 aromatic rings. The molecule has 0 bridgehead atoms. The summed E-state index contributed by atoms with van der Waals surface area (Å²) in [6.07, 6.45) is 1.47. The van der Waals surface area contributed by atoms with Crippen LogP contribution in [0.25, 0.3) is 10.2 Å². The summed E-state index contributed by atoms with van der Waals surface area (Å²) in [6.45, 7) is 1.85. The number of aliphatic hydroxyl groups is 1. The molecular weight excluding hydrogens is 363 g/mol. The molecular formula is C11H13IN4OS. The maximum absolute atomic E-state index is 9.74. The zero-order valence-electron chi connectivity index (χ0n) is 9.77. The molecule has 5 nitrogen and oxygen atoms in total. The fraction of sp³-hybridized carbons (Fsp3) is 0.455. The van der Waals surface area contributed by atoms with Crippen LogP contribution in [0.5, 0.6) is 0 Å². The van der Waals surface area contributed by atoms with Gasteiger partial charge >= 0.3 is 0 Å². The first kappa shape index (κ1) is 12.4. The Morgan fingerprint density at radius 1 is 1.56 bits per heavy atom. The quantitative estimate of drug-likeness (QED) is 0.700. The fourth-order valence-corrected chi connectivity index (χ4v) is 4.05. The maximum Gasteiger partial charge on any atom is 0.222 e. The SMILES string of the molecule is CC1(O)CC(Nc2nc(N)nc3cc(I)sc23)C1. The lowest BCUT2D eigenvalue weighted by Crippen LogP contribution is -2.48. The van der Waals surface area contributed by atoms with Gasteiger partial charge in [-0.25, -0.2) is 4.98 Å². The second-order valence-electron chi connectivity index (χ2n) is 4.94. The second-order valence-corrected chi connectivity index (χ2v) is 7.89. The van der Waals surface area contributed by atoms with Crippen molar-refractivity contribution in [1.29, 1.82) is 0 Å². The van der Waals surface area contributed by atoms with Crippen LogP contribution >= 0.6 is 33.9 Å². The molecule has 0 spiro atoms. The van der Waals surface area contributed by atoms with E-state index in [2.05, 4.69) is 37.9 Å². The predicted octanol–water partition coefficient (Wildman–Crippen LogP) is 2.20. The van der Waals surface area contributed by atoms with Gasteiger partial charge in [0.15, 0.2) is 0 Å². The van der Waals surface area contributed by atoms with Crippen LogP contribution in [0.3, 0.4) is 0 Å². The van der Waals surface area contributed by atoms with E-state index in [1.54, 1.807) is 11.3 Å². The molecule has 1 aliphatic carbocycles. The molecule has 18 heavy (non-hydrogen) atoms. The van der Waals surface area contributed by atoms with Crippen LogP contribution in [0.1, 0.15) is 19.8 Å². The average molecular weight is 376 g/mol. The number of nitrogens with zero attached hydrogens (tertiary/aromatic N) is 2. The van der Waals surface area contributed by atoms with Gasteiger partial charge in [0.25, 0.3) is 0 Å². The van der Waals surface area contributed by atoms with Crippen molar-refractivity contribution in [2.45, 2.75) is 31.4 Å². The largest absolute Gasteiger partial charge is 0.390 e. The first-order valence-electron chi connectivity index (χ1n) is 5.64. The minimum absolute atomic E-state index is 0.261. The van der Waals surface area contributed by atoms with Crippen LogP contribution in [-0.2, 0) is 0 Å². The number of rotatable bonds is 2. The molecule has 0 saturated heterocycles. The first-order valence-corrected chi connectivity index (χ1v) is 7.54. The van der Waals surface area contributed by atoms with Crippen molar-refractivity contribution in [3.8, 4) is 0 Å². The number of nitrogens with two attached hydrogens (primary N) is 1. The molecule has 0 aromatic carbocycles. The Hall–Kier alpha value is -0.670. The molecule has 0 amide bonds. The number of thiophene rings is 1. The average Bonchev–Trinajstić information content (AvgIpc) is 2.55. The lowest BCUT2D eigenvalue weighted by molar-refractivity contribution is -0.0234. The summed E-state index contributed by atoms with van der Waals surface area (Å²) >= 11 is 3.91. The third kappa shape index (κ3) is 2.26. The van der Waals surface area contributed by atoms with Crippen molar-refractivity contribution in [2.24, 2.45) is 0 Å². The summed E-state index contributed by atoms with van der Waals surface area (Å²) in [4.78, 5) is 8.49. The molecule has 3 rings (SSSR count). The monoisotopic (exact) mass is 376 g/mol. The van der Waals surface area contributed by atoms with Crippen molar-refractivity contribution in [2.75, 3.05) is 11.1 Å². The third-order valence-corrected chi connectivity index (χ3v) is 4.96. The van der Waals surface area contributed by atoms with Gasteiger partial charge in [-0.15, -0.1) is 11.3 Å². The van der Waals surface area contributed by atoms with Gasteiger partial charge in [-0.1, -0.05) is 0 Å². The summed E-state index contributed by atoms with van der Waals surface area (Å²) in [5, 5.41) is 13.1. The molecule has 0 atom stereocenters. The standard InChI is InChI=1S/C11H13IN4OS/c1-11(17)3-5(4-11)14-9-8-6(2-7(12)18-8)15-10(13)16-9/h2,5,17H,3-4H2,1H3,(H3,13,14,15,16). The Morgan fingerprint density at radius 2 is 2.28 bits per heavy atom. The van der Waals surface area contributed by atoms with Crippen LogP contribution in [0.2, 0.25) is 0 Å². The normalized spacial score (nSPS) is 27.2. The molecule has 2 heterocycles. The highest BCUT2D eigenvalue weighted by Crippen LogP contribution is 2.36. The molecule has 4 N–H and O–H groups in total. The molecule has 0 aliphatic heterocycles. The lowest BCUT2D eigenvalue weighted by Gasteiger charge is -2.41. The van der Waals surface area contributed by atoms with E-state index in [-0.39, 0.29) is 12.0 Å². The maximum atomic E-state index is 9.74. The number of halogens is 1. The summed E-state index contributed by atoms with van der Waals surface area (Å²) in [5.41, 5.74) is 6.05. The Morgan fingerprint density at radius 3 is 2.94 bits per heavy atom. The van der Waals surface area contributed by atoms with E-state index < -0.39 is 5.60 Å². The van der Waals surface area contributed by atoms with Crippen LogP contribution in [0, 0.1) is 2.88 Å². The van der Waals surface area contributed by atoms with E-state index in [9.17, 15) is 5.11 Å². The topological polar surface area (TPSA) is 84.1 Å². The second kappa shape index (κ2) is 4.17. The first-order chi connectivity index (χ1) is 8.43. The molecule has 1 aliphatic rings. The van der Waals surface area contributed by atoms with Crippen LogP contribution in [0.15, 0.2) is 6.07 Å². The summed E-state index contributed by atoms with van der Waals surface area (Å²) in [6, 6.07) is 2.26. The van der Waals surface area contributed by atoms with E-state index >= 15 is 0 Å². The number of aromatic nitrogens is 2. The molecule has 96 valence electrons. The highest BCUT2D eigenvalue weighted by Gasteiger charge is 2.38. The zero-order valence-corrected chi connectivity index (χ0v) is 12.7.